The number of benzene rings is 2. The molecule has 8 heteroatoms. The molecule has 1 aromatic heterocycles. The van der Waals surface area contributed by atoms with Crippen LogP contribution in [0.2, 0.25) is 0 Å². The first kappa shape index (κ1) is 20.2. The van der Waals surface area contributed by atoms with E-state index in [1.54, 1.807) is 44.2 Å². The fourth-order valence-corrected chi connectivity index (χ4v) is 4.14. The molecule has 0 bridgehead atoms. The summed E-state index contributed by atoms with van der Waals surface area (Å²) < 4.78 is 11.3. The Kier molecular flexibility index (Phi) is 6.89. The molecule has 0 aliphatic rings. The standard InChI is InChI=1S/C20H21N3O3S2/c1-13-4-6-14(7-5-13)12-27-20-23-22-19(28-20)21-11-16(24)15-8-9-17(25-2)18(10-15)26-3/h4-10H,11-12H2,1-3H3,(H,21,22). The van der Waals surface area contributed by atoms with Crippen molar-refractivity contribution in [2.75, 3.05) is 26.1 Å². The molecular formula is C20H21N3O3S2. The number of aromatic nitrogens is 2. The van der Waals surface area contributed by atoms with Gasteiger partial charge in [0.1, 0.15) is 0 Å². The lowest BCUT2D eigenvalue weighted by Crippen LogP contribution is -2.14. The highest BCUT2D eigenvalue weighted by Crippen LogP contribution is 2.29. The van der Waals surface area contributed by atoms with Crippen molar-refractivity contribution in [2.45, 2.75) is 17.0 Å². The molecule has 0 radical (unpaired) electrons. The van der Waals surface area contributed by atoms with Gasteiger partial charge in [0.2, 0.25) is 5.13 Å². The van der Waals surface area contributed by atoms with Crippen LogP contribution in [-0.2, 0) is 5.75 Å². The summed E-state index contributed by atoms with van der Waals surface area (Å²) in [7, 11) is 3.10. The minimum atomic E-state index is -0.0648. The normalized spacial score (nSPS) is 10.5. The van der Waals surface area contributed by atoms with Gasteiger partial charge in [-0.1, -0.05) is 52.9 Å². The van der Waals surface area contributed by atoms with E-state index in [9.17, 15) is 4.79 Å². The molecule has 28 heavy (non-hydrogen) atoms. The highest BCUT2D eigenvalue weighted by Gasteiger charge is 2.12. The summed E-state index contributed by atoms with van der Waals surface area (Å²) in [5, 5.41) is 11.9. The molecule has 6 nitrogen and oxygen atoms in total. The first-order valence-electron chi connectivity index (χ1n) is 8.60. The number of ketones is 1. The quantitative estimate of drug-likeness (QED) is 0.409. The Balaban J connectivity index is 1.53. The molecule has 0 spiro atoms. The Morgan fingerprint density at radius 2 is 1.82 bits per heavy atom. The average molecular weight is 416 g/mol. The first-order chi connectivity index (χ1) is 13.6. The zero-order chi connectivity index (χ0) is 19.9. The molecule has 0 atom stereocenters. The van der Waals surface area contributed by atoms with Crippen LogP contribution in [0.15, 0.2) is 46.8 Å². The van der Waals surface area contributed by atoms with Gasteiger partial charge < -0.3 is 14.8 Å². The van der Waals surface area contributed by atoms with E-state index in [2.05, 4.69) is 46.7 Å². The van der Waals surface area contributed by atoms with Crippen molar-refractivity contribution in [3.8, 4) is 11.5 Å². The van der Waals surface area contributed by atoms with Crippen molar-refractivity contribution in [3.63, 3.8) is 0 Å². The smallest absolute Gasteiger partial charge is 0.206 e. The van der Waals surface area contributed by atoms with Crippen LogP contribution in [0, 0.1) is 6.92 Å². The zero-order valence-electron chi connectivity index (χ0n) is 15.9. The second kappa shape index (κ2) is 9.57. The van der Waals surface area contributed by atoms with Crippen LogP contribution < -0.4 is 14.8 Å². The van der Waals surface area contributed by atoms with E-state index in [1.807, 2.05) is 0 Å². The van der Waals surface area contributed by atoms with Crippen LogP contribution in [0.1, 0.15) is 21.5 Å². The molecule has 0 aliphatic heterocycles. The lowest BCUT2D eigenvalue weighted by atomic mass is 10.1. The molecule has 0 fully saturated rings. The molecule has 0 saturated heterocycles. The number of nitrogens with zero attached hydrogens (tertiary/aromatic N) is 2. The van der Waals surface area contributed by atoms with Gasteiger partial charge >= 0.3 is 0 Å². The van der Waals surface area contributed by atoms with Gasteiger partial charge in [-0.2, -0.15) is 0 Å². The Hall–Kier alpha value is -2.58. The molecule has 3 rings (SSSR count). The van der Waals surface area contributed by atoms with Gasteiger partial charge in [0.15, 0.2) is 21.6 Å². The van der Waals surface area contributed by atoms with E-state index in [-0.39, 0.29) is 12.3 Å². The largest absolute Gasteiger partial charge is 0.493 e. The van der Waals surface area contributed by atoms with Crippen molar-refractivity contribution < 1.29 is 14.3 Å². The minimum Gasteiger partial charge on any atom is -0.493 e. The number of thioether (sulfide) groups is 1. The highest BCUT2D eigenvalue weighted by molar-refractivity contribution is 8.00. The van der Waals surface area contributed by atoms with Crippen molar-refractivity contribution >= 4 is 34.0 Å². The van der Waals surface area contributed by atoms with Crippen LogP contribution in [0.25, 0.3) is 0 Å². The fourth-order valence-electron chi connectivity index (χ4n) is 2.44. The maximum atomic E-state index is 12.4. The number of carbonyl (C=O) groups excluding carboxylic acids is 1. The lowest BCUT2D eigenvalue weighted by molar-refractivity contribution is 0.101. The van der Waals surface area contributed by atoms with Gasteiger partial charge in [0, 0.05) is 11.3 Å². The molecule has 2 aromatic carbocycles. The molecule has 0 unspecified atom stereocenters. The molecule has 3 aromatic rings. The number of carbonyl (C=O) groups is 1. The third-order valence-corrected chi connectivity index (χ3v) is 6.08. The lowest BCUT2D eigenvalue weighted by Gasteiger charge is -2.09. The SMILES string of the molecule is COc1ccc(C(=O)CNc2nnc(SCc3ccc(C)cc3)s2)cc1OC. The molecule has 0 saturated carbocycles. The van der Waals surface area contributed by atoms with Crippen LogP contribution in [-0.4, -0.2) is 36.7 Å². The third-order valence-electron chi connectivity index (χ3n) is 4.00. The number of rotatable bonds is 9. The van der Waals surface area contributed by atoms with E-state index in [0.717, 1.165) is 10.1 Å². The van der Waals surface area contributed by atoms with Crippen LogP contribution in [0.3, 0.4) is 0 Å². The molecule has 146 valence electrons. The van der Waals surface area contributed by atoms with Crippen molar-refractivity contribution in [2.24, 2.45) is 0 Å². The summed E-state index contributed by atoms with van der Waals surface area (Å²) in [6, 6.07) is 13.5. The number of hydrogen-bond acceptors (Lipinski definition) is 8. The van der Waals surface area contributed by atoms with Crippen molar-refractivity contribution in [3.05, 3.63) is 59.2 Å². The van der Waals surface area contributed by atoms with Gasteiger partial charge in [0.05, 0.1) is 20.8 Å². The third kappa shape index (κ3) is 5.24. The molecule has 1 heterocycles. The highest BCUT2D eigenvalue weighted by atomic mass is 32.2. The Labute approximate surface area is 172 Å². The first-order valence-corrected chi connectivity index (χ1v) is 10.4. The molecular weight excluding hydrogens is 394 g/mol. The van der Waals surface area contributed by atoms with Crippen molar-refractivity contribution in [1.29, 1.82) is 0 Å². The molecule has 1 N–H and O–H groups in total. The van der Waals surface area contributed by atoms with Gasteiger partial charge in [-0.25, -0.2) is 0 Å². The summed E-state index contributed by atoms with van der Waals surface area (Å²) in [5.74, 6) is 1.88. The molecule has 0 amide bonds. The maximum absolute atomic E-state index is 12.4. The Morgan fingerprint density at radius 3 is 2.54 bits per heavy atom. The summed E-state index contributed by atoms with van der Waals surface area (Å²) in [4.78, 5) is 12.4. The zero-order valence-corrected chi connectivity index (χ0v) is 17.5. The number of methoxy groups -OCH3 is 2. The van der Waals surface area contributed by atoms with Crippen LogP contribution >= 0.6 is 23.1 Å². The minimum absolute atomic E-state index is 0.0648. The summed E-state index contributed by atoms with van der Waals surface area (Å²) in [6.45, 7) is 2.20. The van der Waals surface area contributed by atoms with Gasteiger partial charge in [0.25, 0.3) is 0 Å². The number of nitrogens with one attached hydrogen (secondary N) is 1. The van der Waals surface area contributed by atoms with Crippen LogP contribution in [0.4, 0.5) is 5.13 Å². The summed E-state index contributed by atoms with van der Waals surface area (Å²) >= 11 is 3.07. The van der Waals surface area contributed by atoms with E-state index in [0.29, 0.717) is 22.2 Å². The predicted octanol–water partition coefficient (Wildman–Crippen LogP) is 4.45. The summed E-state index contributed by atoms with van der Waals surface area (Å²) in [6.07, 6.45) is 0. The van der Waals surface area contributed by atoms with E-state index in [1.165, 1.54) is 22.5 Å². The van der Waals surface area contributed by atoms with Crippen LogP contribution in [0.5, 0.6) is 11.5 Å². The van der Waals surface area contributed by atoms with E-state index >= 15 is 0 Å². The maximum Gasteiger partial charge on any atom is 0.206 e. The number of ether oxygens (including phenoxy) is 2. The van der Waals surface area contributed by atoms with E-state index < -0.39 is 0 Å². The topological polar surface area (TPSA) is 73.3 Å². The van der Waals surface area contributed by atoms with Crippen molar-refractivity contribution in [1.82, 2.24) is 10.2 Å². The Morgan fingerprint density at radius 1 is 1.07 bits per heavy atom. The summed E-state index contributed by atoms with van der Waals surface area (Å²) in [5.41, 5.74) is 3.03. The number of hydrogen-bond donors (Lipinski definition) is 1. The second-order valence-electron chi connectivity index (χ2n) is 5.99. The fraction of sp³-hybridized carbons (Fsp3) is 0.250. The van der Waals surface area contributed by atoms with Gasteiger partial charge in [-0.3, -0.25) is 4.79 Å². The van der Waals surface area contributed by atoms with E-state index in [4.69, 9.17) is 9.47 Å². The van der Waals surface area contributed by atoms with Gasteiger partial charge in [-0.05, 0) is 30.7 Å². The number of Topliss-reactive ketones (excluding diaryl/α,β-unsaturated/α-hetero) is 1. The molecule has 0 aliphatic carbocycles. The second-order valence-corrected chi connectivity index (χ2v) is 8.19. The Bertz CT molecular complexity index is 942. The van der Waals surface area contributed by atoms with Gasteiger partial charge in [-0.15, -0.1) is 10.2 Å². The monoisotopic (exact) mass is 415 g/mol. The number of aryl methyl sites for hydroxylation is 1. The number of anilines is 1. The predicted molar refractivity (Wildman–Crippen MR) is 113 cm³/mol. The average Bonchev–Trinajstić information content (AvgIpc) is 3.19.